The Morgan fingerprint density at radius 3 is 1.87 bits per heavy atom. The Morgan fingerprint density at radius 1 is 1.27 bits per heavy atom. The first-order valence-electron chi connectivity index (χ1n) is 3.72. The molecule has 0 rings (SSSR count). The third-order valence-corrected chi connectivity index (χ3v) is 1.55. The summed E-state index contributed by atoms with van der Waals surface area (Å²) >= 11 is 0. The van der Waals surface area contributed by atoms with E-state index < -0.39 is 30.0 Å². The number of rotatable bonds is 2. The first-order valence-corrected chi connectivity index (χ1v) is 3.72. The van der Waals surface area contributed by atoms with Crippen LogP contribution in [0, 0.1) is 0 Å². The van der Waals surface area contributed by atoms with Gasteiger partial charge in [0.05, 0.1) is 0 Å². The SMILES string of the molecule is CC(=O)N(C(=O)C(F)(F)F)C(C)C(=O)O. The lowest BCUT2D eigenvalue weighted by Crippen LogP contribution is -2.51. The molecule has 0 aromatic heterocycles. The van der Waals surface area contributed by atoms with Crippen LogP contribution in [0.2, 0.25) is 0 Å². The van der Waals surface area contributed by atoms with Gasteiger partial charge in [0.1, 0.15) is 6.04 Å². The molecule has 1 unspecified atom stereocenters. The van der Waals surface area contributed by atoms with Gasteiger partial charge in [0.25, 0.3) is 0 Å². The lowest BCUT2D eigenvalue weighted by molar-refractivity contribution is -0.191. The van der Waals surface area contributed by atoms with E-state index in [1.54, 1.807) is 0 Å². The van der Waals surface area contributed by atoms with Crippen LogP contribution in [0.15, 0.2) is 0 Å². The second kappa shape index (κ2) is 4.28. The highest BCUT2D eigenvalue weighted by Crippen LogP contribution is 2.20. The Labute approximate surface area is 82.5 Å². The molecule has 8 heteroatoms. The van der Waals surface area contributed by atoms with E-state index >= 15 is 0 Å². The van der Waals surface area contributed by atoms with Gasteiger partial charge in [-0.15, -0.1) is 0 Å². The fraction of sp³-hybridized carbons (Fsp3) is 0.571. The Morgan fingerprint density at radius 2 is 1.67 bits per heavy atom. The number of hydrogen-bond acceptors (Lipinski definition) is 3. The molecule has 0 heterocycles. The molecule has 1 N–H and O–H groups in total. The van der Waals surface area contributed by atoms with E-state index in [9.17, 15) is 27.6 Å². The van der Waals surface area contributed by atoms with E-state index in [2.05, 4.69) is 0 Å². The number of hydrogen-bond donors (Lipinski definition) is 1. The molecular formula is C7H8F3NO4. The maximum Gasteiger partial charge on any atom is 0.471 e. The minimum Gasteiger partial charge on any atom is -0.480 e. The van der Waals surface area contributed by atoms with Crippen molar-refractivity contribution in [3.8, 4) is 0 Å². The van der Waals surface area contributed by atoms with Crippen LogP contribution in [0.25, 0.3) is 0 Å². The van der Waals surface area contributed by atoms with Gasteiger partial charge in [-0.25, -0.2) is 4.79 Å². The maximum atomic E-state index is 11.9. The second-order valence-corrected chi connectivity index (χ2v) is 2.71. The molecule has 0 spiro atoms. The van der Waals surface area contributed by atoms with Crippen LogP contribution in [0.5, 0.6) is 0 Å². The van der Waals surface area contributed by atoms with Gasteiger partial charge in [0.2, 0.25) is 5.91 Å². The van der Waals surface area contributed by atoms with E-state index in [0.717, 1.165) is 6.92 Å². The molecule has 0 radical (unpaired) electrons. The molecule has 5 nitrogen and oxygen atoms in total. The van der Waals surface area contributed by atoms with Crippen molar-refractivity contribution in [1.82, 2.24) is 4.90 Å². The third kappa shape index (κ3) is 3.22. The number of carboxylic acids is 1. The first kappa shape index (κ1) is 13.4. The van der Waals surface area contributed by atoms with Crippen LogP contribution in [0.1, 0.15) is 13.8 Å². The van der Waals surface area contributed by atoms with Gasteiger partial charge in [0, 0.05) is 6.92 Å². The zero-order valence-corrected chi connectivity index (χ0v) is 7.83. The molecule has 0 aromatic rings. The highest BCUT2D eigenvalue weighted by Gasteiger charge is 2.46. The molecular weight excluding hydrogens is 219 g/mol. The lowest BCUT2D eigenvalue weighted by Gasteiger charge is -2.23. The molecule has 0 aromatic carbocycles. The number of alkyl halides is 3. The second-order valence-electron chi connectivity index (χ2n) is 2.71. The molecule has 0 bridgehead atoms. The van der Waals surface area contributed by atoms with E-state index in [0.29, 0.717) is 6.92 Å². The zero-order chi connectivity index (χ0) is 12.4. The standard InChI is InChI=1S/C7H8F3NO4/c1-3(5(13)14)11(4(2)12)6(15)7(8,9)10/h3H,1-2H3,(H,13,14). The van der Waals surface area contributed by atoms with Crippen LogP contribution >= 0.6 is 0 Å². The average Bonchev–Trinajstić information content (AvgIpc) is 2.01. The van der Waals surface area contributed by atoms with Crippen molar-refractivity contribution >= 4 is 17.8 Å². The topological polar surface area (TPSA) is 74.7 Å². The number of carbonyl (C=O) groups excluding carboxylic acids is 2. The normalized spacial score (nSPS) is 13.1. The summed E-state index contributed by atoms with van der Waals surface area (Å²) in [6.45, 7) is 1.50. The Kier molecular flexibility index (Phi) is 3.83. The van der Waals surface area contributed by atoms with E-state index in [1.807, 2.05) is 0 Å². The molecule has 0 aliphatic carbocycles. The number of amides is 2. The quantitative estimate of drug-likeness (QED) is 0.740. The van der Waals surface area contributed by atoms with Crippen molar-refractivity contribution in [2.24, 2.45) is 0 Å². The lowest BCUT2D eigenvalue weighted by atomic mass is 10.2. The summed E-state index contributed by atoms with van der Waals surface area (Å²) in [5, 5.41) is 8.40. The number of carbonyl (C=O) groups is 3. The number of nitrogens with zero attached hydrogens (tertiary/aromatic N) is 1. The van der Waals surface area contributed by atoms with Crippen molar-refractivity contribution in [1.29, 1.82) is 0 Å². The Bertz CT molecular complexity index is 299. The predicted octanol–water partition coefficient (Wildman–Crippen LogP) is 0.397. The highest BCUT2D eigenvalue weighted by molar-refractivity contribution is 6.00. The number of carboxylic acid groups (broad SMARTS) is 1. The number of halogens is 3. The van der Waals surface area contributed by atoms with Gasteiger partial charge < -0.3 is 5.11 Å². The monoisotopic (exact) mass is 227 g/mol. The van der Waals surface area contributed by atoms with Crippen molar-refractivity contribution in [2.75, 3.05) is 0 Å². The minimum absolute atomic E-state index is 0.345. The van der Waals surface area contributed by atoms with Gasteiger partial charge in [-0.2, -0.15) is 13.2 Å². The fourth-order valence-corrected chi connectivity index (χ4v) is 0.839. The van der Waals surface area contributed by atoms with Gasteiger partial charge in [0.15, 0.2) is 0 Å². The van der Waals surface area contributed by atoms with Gasteiger partial charge in [-0.05, 0) is 6.92 Å². The van der Waals surface area contributed by atoms with E-state index in [4.69, 9.17) is 5.11 Å². The molecule has 0 saturated carbocycles. The van der Waals surface area contributed by atoms with E-state index in [1.165, 1.54) is 0 Å². The summed E-state index contributed by atoms with van der Waals surface area (Å²) < 4.78 is 35.8. The molecule has 15 heavy (non-hydrogen) atoms. The summed E-state index contributed by atoms with van der Waals surface area (Å²) in [5.74, 6) is -5.44. The van der Waals surface area contributed by atoms with Crippen molar-refractivity contribution < 1.29 is 32.7 Å². The molecule has 2 amide bonds. The number of imide groups is 1. The van der Waals surface area contributed by atoms with Gasteiger partial charge in [-0.3, -0.25) is 14.5 Å². The van der Waals surface area contributed by atoms with Crippen molar-refractivity contribution in [3.63, 3.8) is 0 Å². The first-order chi connectivity index (χ1) is 6.59. The van der Waals surface area contributed by atoms with E-state index in [-0.39, 0.29) is 4.90 Å². The van der Waals surface area contributed by atoms with Crippen molar-refractivity contribution in [2.45, 2.75) is 26.1 Å². The molecule has 0 saturated heterocycles. The minimum atomic E-state index is -5.27. The van der Waals surface area contributed by atoms with Gasteiger partial charge in [-0.1, -0.05) is 0 Å². The highest BCUT2D eigenvalue weighted by atomic mass is 19.4. The largest absolute Gasteiger partial charge is 0.480 e. The molecule has 1 atom stereocenters. The third-order valence-electron chi connectivity index (χ3n) is 1.55. The zero-order valence-electron chi connectivity index (χ0n) is 7.83. The van der Waals surface area contributed by atoms with Crippen LogP contribution in [-0.4, -0.2) is 40.0 Å². The smallest absolute Gasteiger partial charge is 0.471 e. The molecule has 86 valence electrons. The summed E-state index contributed by atoms with van der Waals surface area (Å²) in [7, 11) is 0. The molecule has 0 fully saturated rings. The number of aliphatic carboxylic acids is 1. The summed E-state index contributed by atoms with van der Waals surface area (Å²) in [4.78, 5) is 31.4. The Balaban J connectivity index is 5.09. The van der Waals surface area contributed by atoms with Gasteiger partial charge >= 0.3 is 18.1 Å². The molecule has 0 aliphatic heterocycles. The van der Waals surface area contributed by atoms with Crippen LogP contribution < -0.4 is 0 Å². The Hall–Kier alpha value is -1.60. The maximum absolute atomic E-state index is 11.9. The fourth-order valence-electron chi connectivity index (χ4n) is 0.839. The predicted molar refractivity (Wildman–Crippen MR) is 40.7 cm³/mol. The average molecular weight is 227 g/mol. The molecule has 0 aliphatic rings. The summed E-state index contributed by atoms with van der Waals surface area (Å²) in [6, 6.07) is -1.85. The van der Waals surface area contributed by atoms with Crippen LogP contribution in [0.4, 0.5) is 13.2 Å². The van der Waals surface area contributed by atoms with Crippen molar-refractivity contribution in [3.05, 3.63) is 0 Å². The van der Waals surface area contributed by atoms with Crippen LogP contribution in [0.3, 0.4) is 0 Å². The summed E-state index contributed by atoms with van der Waals surface area (Å²) in [5.41, 5.74) is 0. The van der Waals surface area contributed by atoms with Crippen LogP contribution in [-0.2, 0) is 14.4 Å². The summed E-state index contributed by atoms with van der Waals surface area (Å²) in [6.07, 6.45) is -5.27.